The minimum Gasteiger partial charge on any atom is -0.312 e. The van der Waals surface area contributed by atoms with Crippen LogP contribution in [0, 0.1) is 0 Å². The third-order valence-corrected chi connectivity index (χ3v) is 4.50. The van der Waals surface area contributed by atoms with Gasteiger partial charge in [0.15, 0.2) is 0 Å². The second-order valence-electron chi connectivity index (χ2n) is 4.49. The van der Waals surface area contributed by atoms with Gasteiger partial charge in [0.25, 0.3) is 0 Å². The van der Waals surface area contributed by atoms with Crippen molar-refractivity contribution in [1.82, 2.24) is 15.3 Å². The van der Waals surface area contributed by atoms with Crippen LogP contribution in [0.25, 0.3) is 21.3 Å². The minimum absolute atomic E-state index is 0.328. The van der Waals surface area contributed by atoms with Crippen molar-refractivity contribution in [2.45, 2.75) is 13.0 Å². The molecule has 0 saturated carbocycles. The van der Waals surface area contributed by atoms with E-state index in [4.69, 9.17) is 0 Å². The lowest BCUT2D eigenvalue weighted by Crippen LogP contribution is -2.10. The van der Waals surface area contributed by atoms with Crippen LogP contribution in [0.5, 0.6) is 0 Å². The summed E-state index contributed by atoms with van der Waals surface area (Å²) < 4.78 is 0. The molecule has 0 saturated heterocycles. The Morgan fingerprint density at radius 2 is 2.00 bits per heavy atom. The van der Waals surface area contributed by atoms with Gasteiger partial charge >= 0.3 is 0 Å². The molecule has 0 radical (unpaired) electrons. The summed E-state index contributed by atoms with van der Waals surface area (Å²) in [6, 6.07) is 8.61. The number of nitrogens with zero attached hydrogens (tertiary/aromatic N) is 2. The Morgan fingerprint density at radius 3 is 2.84 bits per heavy atom. The fourth-order valence-corrected chi connectivity index (χ4v) is 3.04. The third kappa shape index (κ3) is 2.25. The molecule has 96 valence electrons. The lowest BCUT2D eigenvalue weighted by atomic mass is 10.1. The Bertz CT molecular complexity index is 700. The molecule has 4 heteroatoms. The molecule has 0 amide bonds. The molecule has 0 spiro atoms. The predicted octanol–water partition coefficient (Wildman–Crippen LogP) is 3.64. The standard InChI is InChI=1S/C15H15N3S/c1-10(16-2)14-9-18-15(19-14)13-8-17-7-11-5-3-4-6-12(11)13/h3-10,16H,1-2H3. The van der Waals surface area contributed by atoms with Crippen molar-refractivity contribution in [2.75, 3.05) is 7.05 Å². The first-order valence-corrected chi connectivity index (χ1v) is 7.07. The van der Waals surface area contributed by atoms with E-state index in [1.54, 1.807) is 11.3 Å². The van der Waals surface area contributed by atoms with E-state index in [1.165, 1.54) is 10.3 Å². The molecule has 3 aromatic rings. The number of nitrogens with one attached hydrogen (secondary N) is 1. The van der Waals surface area contributed by atoms with Gasteiger partial charge in [-0.15, -0.1) is 11.3 Å². The molecule has 3 rings (SSSR count). The first kappa shape index (κ1) is 12.3. The van der Waals surface area contributed by atoms with Crippen LogP contribution >= 0.6 is 11.3 Å². The van der Waals surface area contributed by atoms with Crippen LogP contribution < -0.4 is 5.32 Å². The van der Waals surface area contributed by atoms with Gasteiger partial charge < -0.3 is 5.32 Å². The van der Waals surface area contributed by atoms with Gasteiger partial charge in [0.1, 0.15) is 5.01 Å². The Kier molecular flexibility index (Phi) is 3.27. The largest absolute Gasteiger partial charge is 0.312 e. The van der Waals surface area contributed by atoms with Gasteiger partial charge in [-0.3, -0.25) is 4.98 Å². The summed E-state index contributed by atoms with van der Waals surface area (Å²) in [5.74, 6) is 0. The molecule has 1 unspecified atom stereocenters. The van der Waals surface area contributed by atoms with Gasteiger partial charge in [0.2, 0.25) is 0 Å². The number of fused-ring (bicyclic) bond motifs is 1. The van der Waals surface area contributed by atoms with Gasteiger partial charge in [0.05, 0.1) is 0 Å². The molecule has 1 atom stereocenters. The lowest BCUT2D eigenvalue weighted by molar-refractivity contribution is 0.662. The van der Waals surface area contributed by atoms with E-state index in [-0.39, 0.29) is 0 Å². The van der Waals surface area contributed by atoms with Gasteiger partial charge in [-0.25, -0.2) is 4.98 Å². The summed E-state index contributed by atoms with van der Waals surface area (Å²) in [4.78, 5) is 10.1. The van der Waals surface area contributed by atoms with Gasteiger partial charge in [0, 0.05) is 40.5 Å². The Labute approximate surface area is 116 Å². The molecule has 0 aliphatic heterocycles. The molecule has 1 N–H and O–H groups in total. The molecule has 0 aliphatic rings. The first-order chi connectivity index (χ1) is 9.29. The van der Waals surface area contributed by atoms with E-state index in [1.807, 2.05) is 31.7 Å². The summed E-state index contributed by atoms with van der Waals surface area (Å²) in [6.07, 6.45) is 5.74. The Balaban J connectivity index is 2.12. The summed E-state index contributed by atoms with van der Waals surface area (Å²) in [5.41, 5.74) is 1.11. The van der Waals surface area contributed by atoms with E-state index < -0.39 is 0 Å². The molecule has 0 bridgehead atoms. The smallest absolute Gasteiger partial charge is 0.125 e. The van der Waals surface area contributed by atoms with Crippen molar-refractivity contribution in [3.05, 3.63) is 47.7 Å². The fourth-order valence-electron chi connectivity index (χ4n) is 2.04. The molecule has 19 heavy (non-hydrogen) atoms. The number of hydrogen-bond donors (Lipinski definition) is 1. The zero-order valence-corrected chi connectivity index (χ0v) is 11.7. The van der Waals surface area contributed by atoms with Crippen LogP contribution in [0.4, 0.5) is 0 Å². The maximum absolute atomic E-state index is 4.54. The number of benzene rings is 1. The highest BCUT2D eigenvalue weighted by Gasteiger charge is 2.11. The van der Waals surface area contributed by atoms with E-state index >= 15 is 0 Å². The van der Waals surface area contributed by atoms with E-state index in [2.05, 4.69) is 40.4 Å². The first-order valence-electron chi connectivity index (χ1n) is 6.25. The number of thiazole rings is 1. The third-order valence-electron chi connectivity index (χ3n) is 3.28. The summed E-state index contributed by atoms with van der Waals surface area (Å²) in [7, 11) is 1.96. The molecule has 3 nitrogen and oxygen atoms in total. The van der Waals surface area contributed by atoms with Crippen LogP contribution in [0.3, 0.4) is 0 Å². The molecular weight excluding hydrogens is 254 g/mol. The number of aromatic nitrogens is 2. The van der Waals surface area contributed by atoms with Gasteiger partial charge in [-0.05, 0) is 19.4 Å². The zero-order valence-electron chi connectivity index (χ0n) is 10.9. The monoisotopic (exact) mass is 269 g/mol. The normalized spacial score (nSPS) is 12.7. The molecule has 2 heterocycles. The summed E-state index contributed by atoms with van der Waals surface area (Å²) in [6.45, 7) is 2.14. The lowest BCUT2D eigenvalue weighted by Gasteiger charge is -2.05. The summed E-state index contributed by atoms with van der Waals surface area (Å²) >= 11 is 1.72. The highest BCUT2D eigenvalue weighted by Crippen LogP contribution is 2.32. The van der Waals surface area contributed by atoms with Gasteiger partial charge in [-0.1, -0.05) is 24.3 Å². The van der Waals surface area contributed by atoms with Gasteiger partial charge in [-0.2, -0.15) is 0 Å². The average molecular weight is 269 g/mol. The highest BCUT2D eigenvalue weighted by atomic mass is 32.1. The van der Waals surface area contributed by atoms with E-state index in [9.17, 15) is 0 Å². The second kappa shape index (κ2) is 5.07. The molecule has 0 aliphatic carbocycles. The quantitative estimate of drug-likeness (QED) is 0.789. The Morgan fingerprint density at radius 1 is 1.16 bits per heavy atom. The van der Waals surface area contributed by atoms with Crippen LogP contribution in [-0.4, -0.2) is 17.0 Å². The van der Waals surface area contributed by atoms with E-state index in [0.717, 1.165) is 16.0 Å². The number of pyridine rings is 1. The minimum atomic E-state index is 0.328. The highest BCUT2D eigenvalue weighted by molar-refractivity contribution is 7.15. The van der Waals surface area contributed by atoms with Crippen molar-refractivity contribution in [2.24, 2.45) is 0 Å². The van der Waals surface area contributed by atoms with Crippen molar-refractivity contribution in [1.29, 1.82) is 0 Å². The van der Waals surface area contributed by atoms with Crippen molar-refractivity contribution < 1.29 is 0 Å². The molecule has 1 aromatic carbocycles. The van der Waals surface area contributed by atoms with Crippen LogP contribution in [0.15, 0.2) is 42.9 Å². The topological polar surface area (TPSA) is 37.8 Å². The SMILES string of the molecule is CNC(C)c1cnc(-c2cncc3ccccc23)s1. The maximum atomic E-state index is 4.54. The van der Waals surface area contributed by atoms with Crippen LogP contribution in [-0.2, 0) is 0 Å². The molecule has 2 aromatic heterocycles. The number of rotatable bonds is 3. The number of hydrogen-bond acceptors (Lipinski definition) is 4. The fraction of sp³-hybridized carbons (Fsp3) is 0.200. The van der Waals surface area contributed by atoms with E-state index in [0.29, 0.717) is 6.04 Å². The predicted molar refractivity (Wildman–Crippen MR) is 80.3 cm³/mol. The Hall–Kier alpha value is -1.78. The van der Waals surface area contributed by atoms with Crippen LogP contribution in [0.2, 0.25) is 0 Å². The molecule has 0 fully saturated rings. The second-order valence-corrected chi connectivity index (χ2v) is 5.55. The maximum Gasteiger partial charge on any atom is 0.125 e. The van der Waals surface area contributed by atoms with Crippen molar-refractivity contribution in [3.8, 4) is 10.6 Å². The van der Waals surface area contributed by atoms with Crippen molar-refractivity contribution in [3.63, 3.8) is 0 Å². The summed E-state index contributed by atoms with van der Waals surface area (Å²) in [5, 5.41) is 6.62. The average Bonchev–Trinajstić information content (AvgIpc) is 2.95. The zero-order chi connectivity index (χ0) is 13.2. The van der Waals surface area contributed by atoms with Crippen LogP contribution in [0.1, 0.15) is 17.8 Å². The van der Waals surface area contributed by atoms with Crippen molar-refractivity contribution >= 4 is 22.1 Å². The molecular formula is C15H15N3S.